The summed E-state index contributed by atoms with van der Waals surface area (Å²) in [5.74, 6) is 0.221. The Morgan fingerprint density at radius 3 is 2.63 bits per heavy atom. The van der Waals surface area contributed by atoms with Crippen LogP contribution < -0.4 is 10.1 Å². The van der Waals surface area contributed by atoms with Crippen LogP contribution in [0.2, 0.25) is 0 Å². The van der Waals surface area contributed by atoms with Crippen molar-refractivity contribution in [1.82, 2.24) is 4.40 Å². The third-order valence-electron chi connectivity index (χ3n) is 4.74. The fraction of sp³-hybridized carbons (Fsp3) is 0.167. The number of amides is 1. The fourth-order valence-electron chi connectivity index (χ4n) is 3.53. The van der Waals surface area contributed by atoms with Gasteiger partial charge in [0, 0.05) is 18.0 Å². The molecule has 0 aliphatic heterocycles. The van der Waals surface area contributed by atoms with Crippen LogP contribution in [0.4, 0.5) is 5.69 Å². The van der Waals surface area contributed by atoms with Crippen molar-refractivity contribution in [2.24, 2.45) is 0 Å². The minimum absolute atomic E-state index is 0.115. The molecule has 0 atom stereocenters. The molecular formula is C24H22N2O4. The second-order valence-electron chi connectivity index (χ2n) is 6.90. The van der Waals surface area contributed by atoms with Gasteiger partial charge in [-0.1, -0.05) is 30.3 Å². The number of pyridine rings is 1. The lowest BCUT2D eigenvalue weighted by molar-refractivity contribution is -0.114. The zero-order valence-corrected chi connectivity index (χ0v) is 16.8. The van der Waals surface area contributed by atoms with Crippen LogP contribution in [0.3, 0.4) is 0 Å². The molecule has 6 nitrogen and oxygen atoms in total. The second-order valence-corrected chi connectivity index (χ2v) is 6.90. The predicted octanol–water partition coefficient (Wildman–Crippen LogP) is 4.81. The maximum absolute atomic E-state index is 12.5. The molecule has 2 heterocycles. The Bertz CT molecular complexity index is 1240. The molecule has 30 heavy (non-hydrogen) atoms. The van der Waals surface area contributed by atoms with Crippen LogP contribution in [0.5, 0.6) is 5.75 Å². The molecule has 0 spiro atoms. The van der Waals surface area contributed by atoms with Crippen molar-refractivity contribution in [3.8, 4) is 5.75 Å². The third-order valence-corrected chi connectivity index (χ3v) is 4.74. The molecule has 152 valence electrons. The number of benzene rings is 2. The molecule has 4 aromatic rings. The van der Waals surface area contributed by atoms with E-state index in [1.807, 2.05) is 71.3 Å². The van der Waals surface area contributed by atoms with Crippen molar-refractivity contribution in [1.29, 1.82) is 0 Å². The summed E-state index contributed by atoms with van der Waals surface area (Å²) in [6.07, 6.45) is 1.87. The Morgan fingerprint density at radius 1 is 1.00 bits per heavy atom. The van der Waals surface area contributed by atoms with E-state index < -0.39 is 0 Å². The van der Waals surface area contributed by atoms with Crippen molar-refractivity contribution in [3.63, 3.8) is 0 Å². The normalized spacial score (nSPS) is 10.9. The summed E-state index contributed by atoms with van der Waals surface area (Å²) in [5, 5.41) is 3.61. The zero-order chi connectivity index (χ0) is 21.1. The highest BCUT2D eigenvalue weighted by Gasteiger charge is 2.19. The minimum Gasteiger partial charge on any atom is -0.487 e. The van der Waals surface area contributed by atoms with E-state index in [2.05, 4.69) is 5.32 Å². The maximum atomic E-state index is 12.5. The summed E-state index contributed by atoms with van der Waals surface area (Å²) in [6, 6.07) is 19.0. The third kappa shape index (κ3) is 3.85. The lowest BCUT2D eigenvalue weighted by Crippen LogP contribution is -2.06. The largest absolute Gasteiger partial charge is 0.487 e. The number of fused-ring (bicyclic) bond motifs is 3. The average Bonchev–Trinajstić information content (AvgIpc) is 3.06. The zero-order valence-electron chi connectivity index (χ0n) is 16.8. The van der Waals surface area contributed by atoms with Gasteiger partial charge in [0.15, 0.2) is 0 Å². The molecule has 1 N–H and O–H groups in total. The first-order valence-corrected chi connectivity index (χ1v) is 9.76. The molecule has 6 heteroatoms. The van der Waals surface area contributed by atoms with Gasteiger partial charge >= 0.3 is 5.97 Å². The summed E-state index contributed by atoms with van der Waals surface area (Å²) in [5.41, 5.74) is 3.91. The number of hydrogen-bond acceptors (Lipinski definition) is 4. The van der Waals surface area contributed by atoms with Crippen LogP contribution in [0, 0.1) is 0 Å². The SMILES string of the molecule is CCOC(=O)c1c2ccccc2n2cc(OCc3cccc(NC(C)=O)c3)ccc12. The maximum Gasteiger partial charge on any atom is 0.340 e. The van der Waals surface area contributed by atoms with E-state index in [9.17, 15) is 9.59 Å². The van der Waals surface area contributed by atoms with Crippen molar-refractivity contribution < 1.29 is 19.1 Å². The molecule has 0 saturated heterocycles. The number of nitrogens with zero attached hydrogens (tertiary/aromatic N) is 1. The van der Waals surface area contributed by atoms with E-state index in [-0.39, 0.29) is 11.9 Å². The number of anilines is 1. The van der Waals surface area contributed by atoms with Crippen LogP contribution >= 0.6 is 0 Å². The number of ether oxygens (including phenoxy) is 2. The Morgan fingerprint density at radius 2 is 1.83 bits per heavy atom. The van der Waals surface area contributed by atoms with Gasteiger partial charge in [-0.15, -0.1) is 0 Å². The summed E-state index contributed by atoms with van der Waals surface area (Å²) in [7, 11) is 0. The first kappa shape index (κ1) is 19.5. The summed E-state index contributed by atoms with van der Waals surface area (Å²) < 4.78 is 13.2. The highest BCUT2D eigenvalue weighted by Crippen LogP contribution is 2.29. The standard InChI is InChI=1S/C24H22N2O4/c1-3-29-24(28)23-20-9-4-5-10-21(20)26-14-19(11-12-22(23)26)30-15-17-7-6-8-18(13-17)25-16(2)27/h4-14H,3,15H2,1-2H3,(H,25,27). The van der Waals surface area contributed by atoms with E-state index in [0.29, 0.717) is 24.5 Å². The van der Waals surface area contributed by atoms with Crippen molar-refractivity contribution in [2.75, 3.05) is 11.9 Å². The summed E-state index contributed by atoms with van der Waals surface area (Å²) in [6.45, 7) is 3.95. The van der Waals surface area contributed by atoms with Crippen LogP contribution in [-0.4, -0.2) is 22.9 Å². The number of hydrogen-bond donors (Lipinski definition) is 1. The van der Waals surface area contributed by atoms with Crippen molar-refractivity contribution >= 4 is 34.0 Å². The van der Waals surface area contributed by atoms with Gasteiger partial charge in [-0.25, -0.2) is 4.79 Å². The van der Waals surface area contributed by atoms with Crippen LogP contribution in [0.25, 0.3) is 16.4 Å². The molecule has 0 saturated carbocycles. The fourth-order valence-corrected chi connectivity index (χ4v) is 3.53. The van der Waals surface area contributed by atoms with Crippen LogP contribution in [0.15, 0.2) is 66.9 Å². The topological polar surface area (TPSA) is 69.0 Å². The summed E-state index contributed by atoms with van der Waals surface area (Å²) >= 11 is 0. The van der Waals surface area contributed by atoms with E-state index in [4.69, 9.17) is 9.47 Å². The van der Waals surface area contributed by atoms with Crippen LogP contribution in [-0.2, 0) is 16.1 Å². The van der Waals surface area contributed by atoms with Gasteiger partial charge in [-0.2, -0.15) is 0 Å². The molecule has 0 aliphatic carbocycles. The Balaban J connectivity index is 1.65. The Hall–Kier alpha value is -3.80. The lowest BCUT2D eigenvalue weighted by atomic mass is 10.1. The highest BCUT2D eigenvalue weighted by molar-refractivity contribution is 6.11. The number of esters is 1. The molecule has 1 amide bonds. The minimum atomic E-state index is -0.334. The van der Waals surface area contributed by atoms with E-state index in [0.717, 1.165) is 27.7 Å². The Labute approximate surface area is 174 Å². The van der Waals surface area contributed by atoms with Crippen molar-refractivity contribution in [2.45, 2.75) is 20.5 Å². The number of nitrogens with one attached hydrogen (secondary N) is 1. The van der Waals surface area contributed by atoms with Gasteiger partial charge in [0.1, 0.15) is 12.4 Å². The molecule has 2 aromatic heterocycles. The number of carbonyl (C=O) groups is 2. The molecule has 0 unspecified atom stereocenters. The summed E-state index contributed by atoms with van der Waals surface area (Å²) in [4.78, 5) is 23.8. The molecule has 4 rings (SSSR count). The number of aromatic nitrogens is 1. The van der Waals surface area contributed by atoms with Gasteiger partial charge < -0.3 is 19.2 Å². The highest BCUT2D eigenvalue weighted by atomic mass is 16.5. The predicted molar refractivity (Wildman–Crippen MR) is 116 cm³/mol. The lowest BCUT2D eigenvalue weighted by Gasteiger charge is -2.09. The molecular weight excluding hydrogens is 380 g/mol. The number of para-hydroxylation sites is 1. The van der Waals surface area contributed by atoms with E-state index in [1.165, 1.54) is 6.92 Å². The first-order chi connectivity index (χ1) is 14.6. The van der Waals surface area contributed by atoms with Gasteiger partial charge in [0.2, 0.25) is 5.91 Å². The van der Waals surface area contributed by atoms with Gasteiger partial charge in [-0.05, 0) is 42.8 Å². The monoisotopic (exact) mass is 402 g/mol. The molecule has 0 aliphatic rings. The van der Waals surface area contributed by atoms with Crippen LogP contribution in [0.1, 0.15) is 29.8 Å². The first-order valence-electron chi connectivity index (χ1n) is 9.76. The second kappa shape index (κ2) is 8.29. The molecule has 0 radical (unpaired) electrons. The average molecular weight is 402 g/mol. The van der Waals surface area contributed by atoms with E-state index >= 15 is 0 Å². The quantitative estimate of drug-likeness (QED) is 0.470. The van der Waals surface area contributed by atoms with Crippen molar-refractivity contribution in [3.05, 3.63) is 78.0 Å². The van der Waals surface area contributed by atoms with Gasteiger partial charge in [0.25, 0.3) is 0 Å². The Kier molecular flexibility index (Phi) is 5.39. The molecule has 0 fully saturated rings. The van der Waals surface area contributed by atoms with Gasteiger partial charge in [0.05, 0.1) is 29.4 Å². The molecule has 2 aromatic carbocycles. The smallest absolute Gasteiger partial charge is 0.340 e. The number of carbonyl (C=O) groups excluding carboxylic acids is 2. The van der Waals surface area contributed by atoms with Gasteiger partial charge in [-0.3, -0.25) is 4.79 Å². The molecule has 0 bridgehead atoms. The number of rotatable bonds is 6. The van der Waals surface area contributed by atoms with E-state index in [1.54, 1.807) is 6.92 Å².